The first-order chi connectivity index (χ1) is 9.42. The van der Waals surface area contributed by atoms with E-state index in [1.165, 1.54) is 30.3 Å². The van der Waals surface area contributed by atoms with Crippen LogP contribution in [-0.2, 0) is 16.6 Å². The third-order valence-corrected chi connectivity index (χ3v) is 4.29. The second-order valence-corrected chi connectivity index (χ2v) is 6.12. The van der Waals surface area contributed by atoms with E-state index in [9.17, 15) is 12.8 Å². The third-order valence-electron chi connectivity index (χ3n) is 2.59. The van der Waals surface area contributed by atoms with Gasteiger partial charge in [0.2, 0.25) is 0 Å². The standard InChI is InChI=1S/C13H11ClFNO3S/c14-12-7-10(15)3-6-13(12)16-20(18,19)11-4-1-9(8-17)2-5-11/h1-7,16-17H,8H2. The Balaban J connectivity index is 2.30. The molecule has 0 aliphatic carbocycles. The topological polar surface area (TPSA) is 66.4 Å². The molecule has 7 heteroatoms. The molecule has 0 saturated heterocycles. The van der Waals surface area contributed by atoms with Crippen molar-refractivity contribution in [3.8, 4) is 0 Å². The van der Waals surface area contributed by atoms with Crippen LogP contribution in [0.15, 0.2) is 47.4 Å². The van der Waals surface area contributed by atoms with Crippen molar-refractivity contribution < 1.29 is 17.9 Å². The van der Waals surface area contributed by atoms with Gasteiger partial charge in [0.25, 0.3) is 10.0 Å². The van der Waals surface area contributed by atoms with Gasteiger partial charge in [0, 0.05) is 0 Å². The van der Waals surface area contributed by atoms with Gasteiger partial charge < -0.3 is 5.11 Å². The van der Waals surface area contributed by atoms with Crippen molar-refractivity contribution >= 4 is 27.3 Å². The van der Waals surface area contributed by atoms with E-state index in [1.807, 2.05) is 0 Å². The molecular formula is C13H11ClFNO3S. The van der Waals surface area contributed by atoms with E-state index in [-0.39, 0.29) is 22.2 Å². The molecule has 0 atom stereocenters. The van der Waals surface area contributed by atoms with Gasteiger partial charge in [-0.3, -0.25) is 4.72 Å². The van der Waals surface area contributed by atoms with Crippen LogP contribution in [0, 0.1) is 5.82 Å². The van der Waals surface area contributed by atoms with Gasteiger partial charge in [-0.25, -0.2) is 12.8 Å². The maximum absolute atomic E-state index is 12.9. The minimum Gasteiger partial charge on any atom is -0.392 e. The van der Waals surface area contributed by atoms with Gasteiger partial charge in [-0.1, -0.05) is 23.7 Å². The monoisotopic (exact) mass is 315 g/mol. The molecular weight excluding hydrogens is 305 g/mol. The fourth-order valence-corrected chi connectivity index (χ4v) is 2.90. The number of nitrogens with one attached hydrogen (secondary N) is 1. The first-order valence-electron chi connectivity index (χ1n) is 5.60. The molecule has 20 heavy (non-hydrogen) atoms. The van der Waals surface area contributed by atoms with Crippen LogP contribution in [0.4, 0.5) is 10.1 Å². The summed E-state index contributed by atoms with van der Waals surface area (Å²) in [6.07, 6.45) is 0. The molecule has 0 heterocycles. The minimum absolute atomic E-state index is 0.0232. The highest BCUT2D eigenvalue weighted by molar-refractivity contribution is 7.92. The summed E-state index contributed by atoms with van der Waals surface area (Å²) < 4.78 is 39.4. The number of anilines is 1. The van der Waals surface area contributed by atoms with Gasteiger partial charge in [0.05, 0.1) is 22.2 Å². The molecule has 2 aromatic carbocycles. The lowest BCUT2D eigenvalue weighted by Crippen LogP contribution is -2.13. The average molecular weight is 316 g/mol. The second-order valence-electron chi connectivity index (χ2n) is 4.03. The van der Waals surface area contributed by atoms with Crippen molar-refractivity contribution in [3.63, 3.8) is 0 Å². The Morgan fingerprint density at radius 2 is 1.80 bits per heavy atom. The lowest BCUT2D eigenvalue weighted by molar-refractivity contribution is 0.282. The van der Waals surface area contributed by atoms with Crippen molar-refractivity contribution in [1.82, 2.24) is 0 Å². The molecule has 2 aromatic rings. The summed E-state index contributed by atoms with van der Waals surface area (Å²) in [4.78, 5) is 0.0232. The van der Waals surface area contributed by atoms with Gasteiger partial charge in [0.15, 0.2) is 0 Å². The largest absolute Gasteiger partial charge is 0.392 e. The van der Waals surface area contributed by atoms with E-state index in [0.29, 0.717) is 5.56 Å². The number of aliphatic hydroxyl groups excluding tert-OH is 1. The van der Waals surface area contributed by atoms with E-state index in [4.69, 9.17) is 16.7 Å². The molecule has 0 aliphatic rings. The maximum atomic E-state index is 12.9. The van der Waals surface area contributed by atoms with Crippen molar-refractivity contribution in [2.45, 2.75) is 11.5 Å². The van der Waals surface area contributed by atoms with Crippen molar-refractivity contribution in [3.05, 3.63) is 58.9 Å². The Hall–Kier alpha value is -1.63. The summed E-state index contributed by atoms with van der Waals surface area (Å²) in [6, 6.07) is 9.11. The molecule has 106 valence electrons. The first-order valence-corrected chi connectivity index (χ1v) is 7.46. The normalized spacial score (nSPS) is 11.3. The van der Waals surface area contributed by atoms with Crippen LogP contribution in [-0.4, -0.2) is 13.5 Å². The lowest BCUT2D eigenvalue weighted by Gasteiger charge is -2.10. The van der Waals surface area contributed by atoms with Gasteiger partial charge in [0.1, 0.15) is 5.82 Å². The van der Waals surface area contributed by atoms with Crippen LogP contribution >= 0.6 is 11.6 Å². The van der Waals surface area contributed by atoms with Gasteiger partial charge in [-0.15, -0.1) is 0 Å². The van der Waals surface area contributed by atoms with Gasteiger partial charge in [-0.2, -0.15) is 0 Å². The predicted molar refractivity (Wildman–Crippen MR) is 74.6 cm³/mol. The molecule has 0 bridgehead atoms. The molecule has 0 amide bonds. The molecule has 2 rings (SSSR count). The maximum Gasteiger partial charge on any atom is 0.261 e. The predicted octanol–water partition coefficient (Wildman–Crippen LogP) is 2.77. The molecule has 0 aliphatic heterocycles. The summed E-state index contributed by atoms with van der Waals surface area (Å²) in [5.41, 5.74) is 0.697. The number of halogens is 2. The van der Waals surface area contributed by atoms with Crippen molar-refractivity contribution in [1.29, 1.82) is 0 Å². The van der Waals surface area contributed by atoms with E-state index < -0.39 is 15.8 Å². The number of hydrogen-bond donors (Lipinski definition) is 2. The number of rotatable bonds is 4. The summed E-state index contributed by atoms with van der Waals surface area (Å²) in [5.74, 6) is -0.551. The lowest BCUT2D eigenvalue weighted by atomic mass is 10.2. The van der Waals surface area contributed by atoms with Crippen molar-refractivity contribution in [2.24, 2.45) is 0 Å². The first kappa shape index (κ1) is 14.8. The highest BCUT2D eigenvalue weighted by Gasteiger charge is 2.15. The Morgan fingerprint density at radius 1 is 1.15 bits per heavy atom. The van der Waals surface area contributed by atoms with Gasteiger partial charge >= 0.3 is 0 Å². The fourth-order valence-electron chi connectivity index (χ4n) is 1.55. The van der Waals surface area contributed by atoms with E-state index in [1.54, 1.807) is 0 Å². The summed E-state index contributed by atoms with van der Waals surface area (Å²) >= 11 is 5.77. The van der Waals surface area contributed by atoms with Crippen LogP contribution in [0.2, 0.25) is 5.02 Å². The number of benzene rings is 2. The minimum atomic E-state index is -3.81. The molecule has 0 fully saturated rings. The zero-order valence-corrected chi connectivity index (χ0v) is 11.7. The second kappa shape index (κ2) is 5.78. The van der Waals surface area contributed by atoms with Crippen LogP contribution in [0.1, 0.15) is 5.56 Å². The molecule has 0 aromatic heterocycles. The van der Waals surface area contributed by atoms with Gasteiger partial charge in [-0.05, 0) is 35.9 Å². The molecule has 0 unspecified atom stereocenters. The quantitative estimate of drug-likeness (QED) is 0.911. The Kier molecular flexibility index (Phi) is 4.27. The van der Waals surface area contributed by atoms with Crippen LogP contribution < -0.4 is 4.72 Å². The summed E-state index contributed by atoms with van der Waals surface area (Å²) in [7, 11) is -3.81. The Labute approximate surface area is 120 Å². The summed E-state index contributed by atoms with van der Waals surface area (Å²) in [5, 5.41) is 8.88. The molecule has 0 radical (unpaired) electrons. The average Bonchev–Trinajstić information content (AvgIpc) is 2.42. The third kappa shape index (κ3) is 3.27. The van der Waals surface area contributed by atoms with Crippen molar-refractivity contribution in [2.75, 3.05) is 4.72 Å². The number of sulfonamides is 1. The highest BCUT2D eigenvalue weighted by atomic mass is 35.5. The summed E-state index contributed by atoms with van der Waals surface area (Å²) in [6.45, 7) is -0.169. The number of hydrogen-bond acceptors (Lipinski definition) is 3. The van der Waals surface area contributed by atoms with E-state index in [0.717, 1.165) is 12.1 Å². The van der Waals surface area contributed by atoms with Crippen LogP contribution in [0.25, 0.3) is 0 Å². The number of aliphatic hydroxyl groups is 1. The molecule has 2 N–H and O–H groups in total. The Bertz CT molecular complexity index is 717. The Morgan fingerprint density at radius 3 is 2.35 bits per heavy atom. The van der Waals surface area contributed by atoms with E-state index >= 15 is 0 Å². The van der Waals surface area contributed by atoms with E-state index in [2.05, 4.69) is 4.72 Å². The smallest absolute Gasteiger partial charge is 0.261 e. The molecule has 0 spiro atoms. The SMILES string of the molecule is O=S(=O)(Nc1ccc(F)cc1Cl)c1ccc(CO)cc1. The van der Waals surface area contributed by atoms with Crippen LogP contribution in [0.3, 0.4) is 0 Å². The molecule has 0 saturated carbocycles. The zero-order valence-electron chi connectivity index (χ0n) is 10.2. The van der Waals surface area contributed by atoms with Crippen LogP contribution in [0.5, 0.6) is 0 Å². The molecule has 4 nitrogen and oxygen atoms in total. The fraction of sp³-hybridized carbons (Fsp3) is 0.0769. The zero-order chi connectivity index (χ0) is 14.8. The highest BCUT2D eigenvalue weighted by Crippen LogP contribution is 2.25.